The van der Waals surface area contributed by atoms with Gasteiger partial charge in [0.1, 0.15) is 12.7 Å². The highest BCUT2D eigenvalue weighted by molar-refractivity contribution is 5.74. The molecule has 0 radical (unpaired) electrons. The largest absolute Gasteiger partial charge is 0.335 e. The van der Waals surface area contributed by atoms with Crippen molar-refractivity contribution in [2.45, 2.75) is 51.2 Å². The van der Waals surface area contributed by atoms with Crippen LogP contribution in [0.4, 0.5) is 4.79 Å². The van der Waals surface area contributed by atoms with E-state index in [0.717, 1.165) is 29.2 Å². The molecule has 1 heterocycles. The molecule has 2 bridgehead atoms. The molecule has 0 spiro atoms. The van der Waals surface area contributed by atoms with E-state index < -0.39 is 0 Å². The Morgan fingerprint density at radius 1 is 1.07 bits per heavy atom. The van der Waals surface area contributed by atoms with Gasteiger partial charge in [-0.05, 0) is 60.5 Å². The zero-order valence-electron chi connectivity index (χ0n) is 15.6. The molecule has 3 aliphatic carbocycles. The van der Waals surface area contributed by atoms with Gasteiger partial charge < -0.3 is 10.6 Å². The molecule has 6 nitrogen and oxygen atoms in total. The van der Waals surface area contributed by atoms with Crippen LogP contribution in [0.1, 0.15) is 43.2 Å². The first-order valence-corrected chi connectivity index (χ1v) is 10.2. The summed E-state index contributed by atoms with van der Waals surface area (Å²) >= 11 is 0. The van der Waals surface area contributed by atoms with Gasteiger partial charge in [0, 0.05) is 12.6 Å². The fourth-order valence-electron chi connectivity index (χ4n) is 5.90. The quantitative estimate of drug-likeness (QED) is 0.856. The lowest BCUT2D eigenvalue weighted by Gasteiger charge is -2.32. The summed E-state index contributed by atoms with van der Waals surface area (Å²) in [6.07, 6.45) is 9.99. The number of aromatic nitrogens is 3. The Kier molecular flexibility index (Phi) is 4.34. The third kappa shape index (κ3) is 3.33. The molecule has 0 aliphatic heterocycles. The first-order valence-electron chi connectivity index (χ1n) is 10.2. The number of nitrogens with one attached hydrogen (secondary N) is 2. The van der Waals surface area contributed by atoms with Gasteiger partial charge in [-0.15, -0.1) is 0 Å². The van der Waals surface area contributed by atoms with E-state index in [-0.39, 0.29) is 6.03 Å². The number of benzene rings is 1. The van der Waals surface area contributed by atoms with E-state index >= 15 is 0 Å². The molecule has 6 heteroatoms. The van der Waals surface area contributed by atoms with E-state index in [1.165, 1.54) is 37.7 Å². The van der Waals surface area contributed by atoms with Crippen LogP contribution in [0.3, 0.4) is 0 Å². The van der Waals surface area contributed by atoms with Gasteiger partial charge in [-0.3, -0.25) is 0 Å². The number of hydrogen-bond donors (Lipinski definition) is 2. The molecule has 5 atom stereocenters. The number of carbonyl (C=O) groups excluding carboxylic acids is 1. The van der Waals surface area contributed by atoms with Gasteiger partial charge in [-0.2, -0.15) is 5.10 Å². The third-order valence-electron chi connectivity index (χ3n) is 7.03. The molecule has 1 aromatic heterocycles. The number of urea groups is 1. The molecule has 27 heavy (non-hydrogen) atoms. The van der Waals surface area contributed by atoms with Crippen LogP contribution in [-0.2, 0) is 13.1 Å². The Labute approximate surface area is 159 Å². The molecule has 3 saturated carbocycles. The maximum absolute atomic E-state index is 12.4. The Balaban J connectivity index is 1.10. The second-order valence-electron chi connectivity index (χ2n) is 8.50. The van der Waals surface area contributed by atoms with Gasteiger partial charge in [0.05, 0.1) is 6.54 Å². The van der Waals surface area contributed by atoms with Gasteiger partial charge in [0.15, 0.2) is 0 Å². The van der Waals surface area contributed by atoms with Crippen LogP contribution in [0.25, 0.3) is 0 Å². The maximum Gasteiger partial charge on any atom is 0.315 e. The van der Waals surface area contributed by atoms with Crippen molar-refractivity contribution >= 4 is 6.03 Å². The first-order chi connectivity index (χ1) is 13.3. The second-order valence-corrected chi connectivity index (χ2v) is 8.50. The average Bonchev–Trinajstić information content (AvgIpc) is 3.44. The van der Waals surface area contributed by atoms with Crippen molar-refractivity contribution in [2.75, 3.05) is 0 Å². The van der Waals surface area contributed by atoms with Crippen molar-refractivity contribution in [3.63, 3.8) is 0 Å². The molecule has 1 aromatic carbocycles. The fourth-order valence-corrected chi connectivity index (χ4v) is 5.90. The summed E-state index contributed by atoms with van der Waals surface area (Å²) in [6.45, 7) is 1.27. The van der Waals surface area contributed by atoms with Crippen LogP contribution in [0, 0.1) is 23.7 Å². The molecular formula is C21H27N5O. The van der Waals surface area contributed by atoms with Crippen LogP contribution < -0.4 is 10.6 Å². The molecule has 142 valence electrons. The fraction of sp³-hybridized carbons (Fsp3) is 0.571. The van der Waals surface area contributed by atoms with Crippen LogP contribution in [0.5, 0.6) is 0 Å². The lowest BCUT2D eigenvalue weighted by Crippen LogP contribution is -2.46. The molecule has 2 amide bonds. The van der Waals surface area contributed by atoms with E-state index in [2.05, 4.69) is 45.0 Å². The number of rotatable bonds is 5. The molecule has 2 N–H and O–H groups in total. The van der Waals surface area contributed by atoms with Gasteiger partial charge >= 0.3 is 6.03 Å². The minimum Gasteiger partial charge on any atom is -0.335 e. The Bertz CT molecular complexity index is 787. The lowest BCUT2D eigenvalue weighted by atomic mass is 9.79. The van der Waals surface area contributed by atoms with E-state index in [1.807, 2.05) is 0 Å². The maximum atomic E-state index is 12.4. The van der Waals surface area contributed by atoms with Crippen molar-refractivity contribution in [3.05, 3.63) is 48.0 Å². The Morgan fingerprint density at radius 2 is 1.89 bits per heavy atom. The van der Waals surface area contributed by atoms with Gasteiger partial charge in [0.25, 0.3) is 0 Å². The summed E-state index contributed by atoms with van der Waals surface area (Å²) in [5.41, 5.74) is 2.28. The smallest absolute Gasteiger partial charge is 0.315 e. The number of carbonyl (C=O) groups is 1. The second kappa shape index (κ2) is 6.98. The summed E-state index contributed by atoms with van der Waals surface area (Å²) in [5.74, 6) is 3.44. The SMILES string of the molecule is O=C(NCc1ccc(Cn2cncn2)cc1)N[C@@H]1C[C@H]2C[C@H]1[C@H]1CCC[C@H]21. The molecule has 0 unspecified atom stereocenters. The predicted molar refractivity (Wildman–Crippen MR) is 102 cm³/mol. The van der Waals surface area contributed by atoms with Gasteiger partial charge in [-0.1, -0.05) is 30.7 Å². The highest BCUT2D eigenvalue weighted by atomic mass is 16.2. The minimum atomic E-state index is -0.0196. The van der Waals surface area contributed by atoms with E-state index in [0.29, 0.717) is 19.1 Å². The van der Waals surface area contributed by atoms with E-state index in [9.17, 15) is 4.79 Å². The Hall–Kier alpha value is -2.37. The van der Waals surface area contributed by atoms with E-state index in [4.69, 9.17) is 0 Å². The van der Waals surface area contributed by atoms with Crippen LogP contribution in [0.2, 0.25) is 0 Å². The minimum absolute atomic E-state index is 0.0196. The summed E-state index contributed by atoms with van der Waals surface area (Å²) in [7, 11) is 0. The summed E-state index contributed by atoms with van der Waals surface area (Å²) in [5, 5.41) is 10.4. The number of nitrogens with zero attached hydrogens (tertiary/aromatic N) is 3. The number of hydrogen-bond acceptors (Lipinski definition) is 3. The standard InChI is InChI=1S/C21H27N5O/c27-21(25-20-9-16-8-19(20)18-3-1-2-17(16)18)23-10-14-4-6-15(7-5-14)11-26-13-22-12-24-26/h4-7,12-13,16-20H,1-3,8-11H2,(H2,23,25,27)/t16-,17-,18+,19+,20-/m1/s1. The predicted octanol–water partition coefficient (Wildman–Crippen LogP) is 2.95. The molecule has 3 fully saturated rings. The van der Waals surface area contributed by atoms with Crippen molar-refractivity contribution in [1.29, 1.82) is 0 Å². The normalized spacial score (nSPS) is 31.0. The first kappa shape index (κ1) is 16.8. The average molecular weight is 365 g/mol. The zero-order chi connectivity index (χ0) is 18.2. The van der Waals surface area contributed by atoms with Crippen LogP contribution in [-0.4, -0.2) is 26.8 Å². The van der Waals surface area contributed by atoms with Crippen molar-refractivity contribution < 1.29 is 4.79 Å². The van der Waals surface area contributed by atoms with Crippen LogP contribution >= 0.6 is 0 Å². The summed E-state index contributed by atoms with van der Waals surface area (Å²) < 4.78 is 1.80. The topological polar surface area (TPSA) is 71.8 Å². The molecule has 5 rings (SSSR count). The van der Waals surface area contributed by atoms with Crippen molar-refractivity contribution in [3.8, 4) is 0 Å². The molecular weight excluding hydrogens is 338 g/mol. The number of amides is 2. The monoisotopic (exact) mass is 365 g/mol. The van der Waals surface area contributed by atoms with Crippen LogP contribution in [0.15, 0.2) is 36.9 Å². The third-order valence-corrected chi connectivity index (χ3v) is 7.03. The van der Waals surface area contributed by atoms with Crippen molar-refractivity contribution in [1.82, 2.24) is 25.4 Å². The lowest BCUT2D eigenvalue weighted by molar-refractivity contribution is 0.197. The highest BCUT2D eigenvalue weighted by Crippen LogP contribution is 2.58. The van der Waals surface area contributed by atoms with E-state index in [1.54, 1.807) is 17.3 Å². The molecule has 3 aliphatic rings. The highest BCUT2D eigenvalue weighted by Gasteiger charge is 2.53. The van der Waals surface area contributed by atoms with Gasteiger partial charge in [0.2, 0.25) is 0 Å². The summed E-state index contributed by atoms with van der Waals surface area (Å²) in [4.78, 5) is 16.3. The van der Waals surface area contributed by atoms with Crippen molar-refractivity contribution in [2.24, 2.45) is 23.7 Å². The van der Waals surface area contributed by atoms with Gasteiger partial charge in [-0.25, -0.2) is 14.5 Å². The molecule has 2 aromatic rings. The number of fused-ring (bicyclic) bond motifs is 5. The zero-order valence-corrected chi connectivity index (χ0v) is 15.6. The molecule has 0 saturated heterocycles. The summed E-state index contributed by atoms with van der Waals surface area (Å²) in [6, 6.07) is 8.65. The Morgan fingerprint density at radius 3 is 2.70 bits per heavy atom.